The predicted octanol–water partition coefficient (Wildman–Crippen LogP) is 1.92. The number of halogens is 1. The molecule has 0 radical (unpaired) electrons. The number of hydrogen-bond acceptors (Lipinski definition) is 4. The number of carbonyl (C=O) groups excluding carboxylic acids is 1. The van der Waals surface area contributed by atoms with Gasteiger partial charge in [-0.2, -0.15) is 0 Å². The summed E-state index contributed by atoms with van der Waals surface area (Å²) in [6.45, 7) is 0. The van der Waals surface area contributed by atoms with Crippen molar-refractivity contribution in [3.05, 3.63) is 45.7 Å². The Hall–Kier alpha value is -1.70. The second-order valence-corrected chi connectivity index (χ2v) is 4.44. The highest BCUT2D eigenvalue weighted by Crippen LogP contribution is 2.17. The molecular weight excluding hydrogens is 331 g/mol. The average Bonchev–Trinajstić information content (AvgIpc) is 2.33. The third-order valence-corrected chi connectivity index (χ3v) is 2.98. The van der Waals surface area contributed by atoms with Gasteiger partial charge in [-0.05, 0) is 46.9 Å². The molecule has 0 fully saturated rings. The molecule has 1 aromatic heterocycles. The predicted molar refractivity (Wildman–Crippen MR) is 73.6 cm³/mol. The number of carbonyl (C=O) groups is 1. The van der Waals surface area contributed by atoms with Crippen molar-refractivity contribution in [2.45, 2.75) is 0 Å². The van der Waals surface area contributed by atoms with Crippen LogP contribution in [0.3, 0.4) is 0 Å². The minimum atomic E-state index is -0.304. The van der Waals surface area contributed by atoms with Crippen molar-refractivity contribution in [2.24, 2.45) is 0 Å². The lowest BCUT2D eigenvalue weighted by molar-refractivity contribution is 0.102. The van der Waals surface area contributed by atoms with Crippen molar-refractivity contribution in [2.75, 3.05) is 11.1 Å². The fourth-order valence-electron chi connectivity index (χ4n) is 1.21. The van der Waals surface area contributed by atoms with Gasteiger partial charge in [-0.15, -0.1) is 10.2 Å². The van der Waals surface area contributed by atoms with Crippen LogP contribution in [0.5, 0.6) is 0 Å². The standard InChI is InChI=1S/C11H9IN4O/c12-7-3-1-2-4-8(7)14-11(17)9-5-6-10(13)16-15-9/h1-6H,(H2,13,16)(H,14,17). The van der Waals surface area contributed by atoms with Crippen LogP contribution in [-0.2, 0) is 0 Å². The van der Waals surface area contributed by atoms with Crippen LogP contribution in [-0.4, -0.2) is 16.1 Å². The van der Waals surface area contributed by atoms with E-state index in [0.29, 0.717) is 0 Å². The molecule has 2 rings (SSSR count). The fourth-order valence-corrected chi connectivity index (χ4v) is 1.73. The highest BCUT2D eigenvalue weighted by Gasteiger charge is 2.09. The Labute approximate surface area is 112 Å². The van der Waals surface area contributed by atoms with Crippen LogP contribution in [0, 0.1) is 3.57 Å². The summed E-state index contributed by atoms with van der Waals surface area (Å²) in [6, 6.07) is 10.6. The largest absolute Gasteiger partial charge is 0.382 e. The van der Waals surface area contributed by atoms with Crippen LogP contribution in [0.25, 0.3) is 0 Å². The Morgan fingerprint density at radius 2 is 1.94 bits per heavy atom. The van der Waals surface area contributed by atoms with Gasteiger partial charge in [0.1, 0.15) is 5.82 Å². The maximum atomic E-state index is 11.8. The first-order valence-corrected chi connectivity index (χ1v) is 5.90. The molecule has 0 saturated heterocycles. The van der Waals surface area contributed by atoms with E-state index in [1.54, 1.807) is 0 Å². The maximum Gasteiger partial charge on any atom is 0.276 e. The van der Waals surface area contributed by atoms with Gasteiger partial charge in [-0.25, -0.2) is 0 Å². The molecule has 86 valence electrons. The van der Waals surface area contributed by atoms with Gasteiger partial charge in [0.15, 0.2) is 5.69 Å². The first-order chi connectivity index (χ1) is 8.16. The van der Waals surface area contributed by atoms with Crippen molar-refractivity contribution in [3.8, 4) is 0 Å². The Bertz CT molecular complexity index is 541. The summed E-state index contributed by atoms with van der Waals surface area (Å²) in [6.07, 6.45) is 0. The topological polar surface area (TPSA) is 80.9 Å². The molecule has 3 N–H and O–H groups in total. The molecule has 0 aliphatic rings. The quantitative estimate of drug-likeness (QED) is 0.819. The number of nitrogens with zero attached hydrogens (tertiary/aromatic N) is 2. The van der Waals surface area contributed by atoms with Gasteiger partial charge in [-0.1, -0.05) is 12.1 Å². The van der Waals surface area contributed by atoms with Gasteiger partial charge in [0.05, 0.1) is 5.69 Å². The van der Waals surface area contributed by atoms with Crippen molar-refractivity contribution < 1.29 is 4.79 Å². The van der Waals surface area contributed by atoms with E-state index < -0.39 is 0 Å². The highest BCUT2D eigenvalue weighted by atomic mass is 127. The number of amides is 1. The second-order valence-electron chi connectivity index (χ2n) is 3.28. The number of anilines is 2. The molecule has 0 saturated carbocycles. The van der Waals surface area contributed by atoms with Crippen LogP contribution < -0.4 is 11.1 Å². The van der Waals surface area contributed by atoms with Gasteiger partial charge in [0, 0.05) is 3.57 Å². The zero-order valence-corrected chi connectivity index (χ0v) is 10.9. The lowest BCUT2D eigenvalue weighted by Gasteiger charge is -2.05. The molecule has 5 nitrogen and oxygen atoms in total. The minimum Gasteiger partial charge on any atom is -0.382 e. The number of hydrogen-bond donors (Lipinski definition) is 2. The van der Waals surface area contributed by atoms with Crippen molar-refractivity contribution in [3.63, 3.8) is 0 Å². The van der Waals surface area contributed by atoms with E-state index in [2.05, 4.69) is 38.1 Å². The van der Waals surface area contributed by atoms with E-state index in [9.17, 15) is 4.79 Å². The fraction of sp³-hybridized carbons (Fsp3) is 0. The molecule has 1 aromatic carbocycles. The molecular formula is C11H9IN4O. The molecule has 0 aliphatic carbocycles. The number of para-hydroxylation sites is 1. The van der Waals surface area contributed by atoms with Crippen molar-refractivity contribution in [1.82, 2.24) is 10.2 Å². The van der Waals surface area contributed by atoms with Crippen molar-refractivity contribution >= 4 is 40.0 Å². The monoisotopic (exact) mass is 340 g/mol. The third kappa shape index (κ3) is 2.90. The average molecular weight is 340 g/mol. The van der Waals surface area contributed by atoms with Crippen molar-refractivity contribution in [1.29, 1.82) is 0 Å². The third-order valence-electron chi connectivity index (χ3n) is 2.04. The normalized spacial score (nSPS) is 9.94. The summed E-state index contributed by atoms with van der Waals surface area (Å²) in [4.78, 5) is 11.8. The van der Waals surface area contributed by atoms with Crippen LogP contribution in [0.1, 0.15) is 10.5 Å². The van der Waals surface area contributed by atoms with E-state index in [0.717, 1.165) is 9.26 Å². The molecule has 1 heterocycles. The first-order valence-electron chi connectivity index (χ1n) is 4.82. The maximum absolute atomic E-state index is 11.8. The van der Waals surface area contributed by atoms with E-state index in [1.165, 1.54) is 12.1 Å². The molecule has 17 heavy (non-hydrogen) atoms. The number of nitrogens with one attached hydrogen (secondary N) is 1. The lowest BCUT2D eigenvalue weighted by atomic mass is 10.3. The van der Waals surface area contributed by atoms with Gasteiger partial charge < -0.3 is 11.1 Å². The molecule has 0 aliphatic heterocycles. The smallest absolute Gasteiger partial charge is 0.276 e. The summed E-state index contributed by atoms with van der Waals surface area (Å²) in [5.74, 6) is -0.0162. The number of benzene rings is 1. The summed E-state index contributed by atoms with van der Waals surface area (Å²) in [5, 5.41) is 10.1. The first kappa shape index (κ1) is 11.8. The zero-order chi connectivity index (χ0) is 12.3. The van der Waals surface area contributed by atoms with Crippen LogP contribution in [0.15, 0.2) is 36.4 Å². The van der Waals surface area contributed by atoms with Gasteiger partial charge in [0.25, 0.3) is 5.91 Å². The van der Waals surface area contributed by atoms with Crippen LogP contribution >= 0.6 is 22.6 Å². The van der Waals surface area contributed by atoms with Crippen LogP contribution in [0.2, 0.25) is 0 Å². The molecule has 1 amide bonds. The minimum absolute atomic E-state index is 0.235. The molecule has 0 unspecified atom stereocenters. The van der Waals surface area contributed by atoms with Gasteiger partial charge in [-0.3, -0.25) is 4.79 Å². The van der Waals surface area contributed by atoms with E-state index in [1.807, 2.05) is 24.3 Å². The summed E-state index contributed by atoms with van der Waals surface area (Å²) >= 11 is 2.15. The van der Waals surface area contributed by atoms with Crippen LogP contribution in [0.4, 0.5) is 11.5 Å². The second kappa shape index (κ2) is 5.09. The number of rotatable bonds is 2. The van der Waals surface area contributed by atoms with Gasteiger partial charge in [0.2, 0.25) is 0 Å². The van der Waals surface area contributed by atoms with E-state index in [4.69, 9.17) is 5.73 Å². The number of nitrogen functional groups attached to an aromatic ring is 1. The summed E-state index contributed by atoms with van der Waals surface area (Å²) in [5.41, 5.74) is 6.38. The molecule has 0 bridgehead atoms. The molecule has 0 atom stereocenters. The highest BCUT2D eigenvalue weighted by molar-refractivity contribution is 14.1. The Kier molecular flexibility index (Phi) is 3.52. The Morgan fingerprint density at radius 1 is 1.18 bits per heavy atom. The molecule has 0 spiro atoms. The van der Waals surface area contributed by atoms with Gasteiger partial charge >= 0.3 is 0 Å². The Morgan fingerprint density at radius 3 is 2.59 bits per heavy atom. The summed E-state index contributed by atoms with van der Waals surface area (Å²) < 4.78 is 0.960. The summed E-state index contributed by atoms with van der Waals surface area (Å²) in [7, 11) is 0. The number of nitrogens with two attached hydrogens (primary N) is 1. The zero-order valence-electron chi connectivity index (χ0n) is 8.72. The molecule has 2 aromatic rings. The SMILES string of the molecule is Nc1ccc(C(=O)Nc2ccccc2I)nn1. The van der Waals surface area contributed by atoms with E-state index in [-0.39, 0.29) is 17.4 Å². The van der Waals surface area contributed by atoms with E-state index >= 15 is 0 Å². The number of aromatic nitrogens is 2. The lowest BCUT2D eigenvalue weighted by Crippen LogP contribution is -2.15. The Balaban J connectivity index is 2.17. The molecule has 6 heteroatoms.